The van der Waals surface area contributed by atoms with Crippen molar-refractivity contribution in [3.8, 4) is 0 Å². The average Bonchev–Trinajstić information content (AvgIpc) is 3.24. The molecule has 0 bridgehead atoms. The van der Waals surface area contributed by atoms with E-state index in [0.29, 0.717) is 35.2 Å². The van der Waals surface area contributed by atoms with Crippen LogP contribution in [0, 0.1) is 5.82 Å². The van der Waals surface area contributed by atoms with E-state index in [4.69, 9.17) is 23.2 Å². The van der Waals surface area contributed by atoms with Gasteiger partial charge < -0.3 is 9.69 Å². The van der Waals surface area contributed by atoms with Crippen molar-refractivity contribution >= 4 is 29.5 Å². The van der Waals surface area contributed by atoms with Crippen LogP contribution < -0.4 is 0 Å². The summed E-state index contributed by atoms with van der Waals surface area (Å²) < 4.78 is 53.2. The third kappa shape index (κ3) is 7.43. The van der Waals surface area contributed by atoms with Crippen molar-refractivity contribution in [2.24, 2.45) is 0 Å². The zero-order valence-corrected chi connectivity index (χ0v) is 22.8. The van der Waals surface area contributed by atoms with Crippen molar-refractivity contribution in [2.45, 2.75) is 30.8 Å². The van der Waals surface area contributed by atoms with Crippen LogP contribution in [0.5, 0.6) is 0 Å². The van der Waals surface area contributed by atoms with Gasteiger partial charge in [0.05, 0.1) is 15.6 Å². The lowest BCUT2D eigenvalue weighted by molar-refractivity contribution is -0.140. The normalized spacial score (nSPS) is 19.8. The first-order chi connectivity index (χ1) is 17.3. The topological polar surface area (TPSA) is 30.0 Å². The Hall–Kier alpha value is -1.75. The molecule has 0 amide bonds. The quantitative estimate of drug-likeness (QED) is 0.298. The molecule has 1 heterocycles. The van der Waals surface area contributed by atoms with E-state index in [9.17, 15) is 22.4 Å². The molecule has 0 aromatic heterocycles. The highest BCUT2D eigenvalue weighted by Crippen LogP contribution is 2.36. The number of hydrogen-bond donors (Lipinski definition) is 0. The molecule has 2 aromatic rings. The molecule has 1 fully saturated rings. The lowest BCUT2D eigenvalue weighted by atomic mass is 9.93. The van der Waals surface area contributed by atoms with E-state index in [-0.39, 0.29) is 18.5 Å². The molecule has 37 heavy (non-hydrogen) atoms. The van der Waals surface area contributed by atoms with Crippen molar-refractivity contribution in [3.63, 3.8) is 0 Å². The Bertz CT molecular complexity index is 1090. The highest BCUT2D eigenvalue weighted by atomic mass is 35.5. The molecule has 11 heteroatoms. The molecule has 1 saturated heterocycles. The van der Waals surface area contributed by atoms with Gasteiger partial charge >= 0.3 is 6.18 Å². The number of alkyl halides is 3. The molecule has 1 unspecified atom stereocenters. The first kappa shape index (κ1) is 29.8. The Morgan fingerprint density at radius 1 is 1.03 bits per heavy atom. The van der Waals surface area contributed by atoms with Gasteiger partial charge in [-0.3, -0.25) is 14.7 Å². The molecule has 2 aromatic carbocycles. The highest BCUT2D eigenvalue weighted by Gasteiger charge is 2.40. The number of benzene rings is 2. The van der Waals surface area contributed by atoms with Crippen LogP contribution in [0.4, 0.5) is 17.6 Å². The third-order valence-corrected chi connectivity index (χ3v) is 7.61. The Kier molecular flexibility index (Phi) is 9.99. The summed E-state index contributed by atoms with van der Waals surface area (Å²) in [6.45, 7) is 2.79. The molecule has 204 valence electrons. The molecule has 1 aliphatic heterocycles. The van der Waals surface area contributed by atoms with Crippen molar-refractivity contribution in [2.75, 3.05) is 54.4 Å². The number of rotatable bonds is 10. The number of likely N-dealkylation sites (tertiary alicyclic amines) is 1. The molecule has 0 saturated carbocycles. The Morgan fingerprint density at radius 3 is 2.30 bits per heavy atom. The van der Waals surface area contributed by atoms with Crippen molar-refractivity contribution in [3.05, 3.63) is 69.0 Å². The van der Waals surface area contributed by atoms with Crippen molar-refractivity contribution in [1.82, 2.24) is 19.6 Å². The molecule has 3 atom stereocenters. The van der Waals surface area contributed by atoms with Crippen LogP contribution in [0.1, 0.15) is 22.6 Å². The molecule has 0 aliphatic carbocycles. The van der Waals surface area contributed by atoms with Crippen LogP contribution >= 0.6 is 23.2 Å². The Labute approximate surface area is 225 Å². The molecular weight excluding hydrogens is 531 g/mol. The zero-order chi connectivity index (χ0) is 27.5. The molecule has 3 rings (SSSR count). The Morgan fingerprint density at radius 2 is 1.73 bits per heavy atom. The first-order valence-corrected chi connectivity index (χ1v) is 12.6. The second kappa shape index (κ2) is 12.4. The van der Waals surface area contributed by atoms with E-state index in [1.165, 1.54) is 6.07 Å². The molecule has 1 aliphatic rings. The first-order valence-electron chi connectivity index (χ1n) is 11.9. The van der Waals surface area contributed by atoms with Gasteiger partial charge in [-0.25, -0.2) is 4.39 Å². The number of carbonyl (C=O) groups excluding carboxylic acids is 1. The van der Waals surface area contributed by atoms with E-state index in [1.807, 2.05) is 55.0 Å². The minimum absolute atomic E-state index is 0.0660. The van der Waals surface area contributed by atoms with Gasteiger partial charge in [-0.1, -0.05) is 35.3 Å². The number of hydrogen-bond acceptors (Lipinski definition) is 5. The van der Waals surface area contributed by atoms with Crippen LogP contribution in [-0.2, 0) is 17.5 Å². The van der Waals surface area contributed by atoms with E-state index in [1.54, 1.807) is 6.07 Å². The predicted molar refractivity (Wildman–Crippen MR) is 138 cm³/mol. The number of carbonyl (C=O) groups is 1. The van der Waals surface area contributed by atoms with Crippen LogP contribution in [0.15, 0.2) is 36.4 Å². The fourth-order valence-corrected chi connectivity index (χ4v) is 5.11. The van der Waals surface area contributed by atoms with Gasteiger partial charge in [0.15, 0.2) is 6.29 Å². The number of aldehydes is 1. The molecular formula is C26H32Cl2F4N4O. The molecule has 0 N–H and O–H groups in total. The molecule has 0 spiro atoms. The molecule has 0 radical (unpaired) electrons. The van der Waals surface area contributed by atoms with Gasteiger partial charge in [0.25, 0.3) is 0 Å². The summed E-state index contributed by atoms with van der Waals surface area (Å²) in [7, 11) is 7.68. The summed E-state index contributed by atoms with van der Waals surface area (Å²) in [5.41, 5.74) is 0.0801. The standard InChI is InChI=1S/C26H32Cl2F4N4O/c1-33(2)9-10-34(3)25(16-37)36-14-19(18-6-8-21(27)22(28)12-18)24(15-36)35(4)13-17-5-7-20(23(29)11-17)26(30,31)32/h5-8,11-12,16,19,24-25H,9-10,13-15H2,1-4H3/t19-,24-,25?/m1/s1. The summed E-state index contributed by atoms with van der Waals surface area (Å²) in [5.74, 6) is -1.36. The van der Waals surface area contributed by atoms with E-state index in [0.717, 1.165) is 30.5 Å². The van der Waals surface area contributed by atoms with Gasteiger partial charge in [0.2, 0.25) is 0 Å². The molecule has 5 nitrogen and oxygen atoms in total. The van der Waals surface area contributed by atoms with Gasteiger partial charge in [-0.05, 0) is 63.6 Å². The highest BCUT2D eigenvalue weighted by molar-refractivity contribution is 6.42. The van der Waals surface area contributed by atoms with E-state index >= 15 is 0 Å². The minimum Gasteiger partial charge on any atom is -0.308 e. The van der Waals surface area contributed by atoms with Crippen LogP contribution in [0.2, 0.25) is 10.0 Å². The number of halogens is 6. The summed E-state index contributed by atoms with van der Waals surface area (Å²) >= 11 is 12.4. The average molecular weight is 563 g/mol. The monoisotopic (exact) mass is 562 g/mol. The fourth-order valence-electron chi connectivity index (χ4n) is 4.80. The van der Waals surface area contributed by atoms with Crippen LogP contribution in [0.25, 0.3) is 0 Å². The Balaban J connectivity index is 1.87. The number of nitrogens with zero attached hydrogens (tertiary/aromatic N) is 4. The minimum atomic E-state index is -4.75. The summed E-state index contributed by atoms with van der Waals surface area (Å²) in [6.07, 6.45) is -4.27. The summed E-state index contributed by atoms with van der Waals surface area (Å²) in [4.78, 5) is 20.3. The second-order valence-corrected chi connectivity index (χ2v) is 10.7. The van der Waals surface area contributed by atoms with E-state index in [2.05, 4.69) is 4.90 Å². The van der Waals surface area contributed by atoms with Crippen LogP contribution in [-0.4, -0.2) is 92.5 Å². The summed E-state index contributed by atoms with van der Waals surface area (Å²) in [5, 5.41) is 0.846. The van der Waals surface area contributed by atoms with Crippen molar-refractivity contribution < 1.29 is 22.4 Å². The lowest BCUT2D eigenvalue weighted by Gasteiger charge is -2.33. The van der Waals surface area contributed by atoms with Crippen molar-refractivity contribution in [1.29, 1.82) is 0 Å². The predicted octanol–water partition coefficient (Wildman–Crippen LogP) is 5.07. The van der Waals surface area contributed by atoms with Gasteiger partial charge in [-0.2, -0.15) is 13.2 Å². The van der Waals surface area contributed by atoms with Gasteiger partial charge in [-0.15, -0.1) is 0 Å². The van der Waals surface area contributed by atoms with Crippen LogP contribution in [0.3, 0.4) is 0 Å². The maximum Gasteiger partial charge on any atom is 0.419 e. The number of likely N-dealkylation sites (N-methyl/N-ethyl adjacent to an activating group) is 3. The second-order valence-electron chi connectivity index (χ2n) is 9.86. The zero-order valence-electron chi connectivity index (χ0n) is 21.3. The van der Waals surface area contributed by atoms with Gasteiger partial charge in [0, 0.05) is 44.7 Å². The lowest BCUT2D eigenvalue weighted by Crippen LogP contribution is -2.49. The largest absolute Gasteiger partial charge is 0.419 e. The SMILES string of the molecule is CN(C)CCN(C)C(C=O)N1C[C@H](c2ccc(Cl)c(Cl)c2)[C@H](N(C)Cc2ccc(C(F)(F)F)c(F)c2)C1. The van der Waals surface area contributed by atoms with E-state index < -0.39 is 23.7 Å². The third-order valence-electron chi connectivity index (χ3n) is 6.87. The maximum absolute atomic E-state index is 14.2. The maximum atomic E-state index is 14.2. The van der Waals surface area contributed by atoms with Gasteiger partial charge in [0.1, 0.15) is 12.0 Å². The summed E-state index contributed by atoms with van der Waals surface area (Å²) in [6, 6.07) is 8.32. The smallest absolute Gasteiger partial charge is 0.308 e. The fraction of sp³-hybridized carbons (Fsp3) is 0.500.